The van der Waals surface area contributed by atoms with Gasteiger partial charge in [-0.2, -0.15) is 5.26 Å². The molecule has 0 amide bonds. The van der Waals surface area contributed by atoms with Gasteiger partial charge in [0.25, 0.3) is 0 Å². The van der Waals surface area contributed by atoms with Crippen LogP contribution in [0.4, 0.5) is 0 Å². The lowest BCUT2D eigenvalue weighted by Gasteiger charge is -2.23. The zero-order valence-electron chi connectivity index (χ0n) is 16.5. The van der Waals surface area contributed by atoms with Crippen LogP contribution in [-0.2, 0) is 11.2 Å². The van der Waals surface area contributed by atoms with Crippen molar-refractivity contribution in [2.75, 3.05) is 6.54 Å². The molecule has 146 valence electrons. The Hall–Kier alpha value is -3.03. The second kappa shape index (κ2) is 8.98. The molecule has 0 saturated carbocycles. The first-order valence-corrected chi connectivity index (χ1v) is 10.3. The summed E-state index contributed by atoms with van der Waals surface area (Å²) in [5.74, 6) is -0.106. The molecule has 2 aromatic carbocycles. The van der Waals surface area contributed by atoms with Crippen LogP contribution in [0.1, 0.15) is 31.2 Å². The molecule has 0 unspecified atom stereocenters. The average Bonchev–Trinajstić information content (AvgIpc) is 2.79. The molecule has 1 N–H and O–H groups in total. The molecular formula is C25H25N3O. The Balaban J connectivity index is 1.46. The van der Waals surface area contributed by atoms with Crippen molar-refractivity contribution in [3.8, 4) is 17.2 Å². The van der Waals surface area contributed by atoms with Gasteiger partial charge < -0.3 is 5.32 Å². The van der Waals surface area contributed by atoms with Crippen LogP contribution in [0.25, 0.3) is 22.0 Å². The molecule has 0 aliphatic carbocycles. The Morgan fingerprint density at radius 3 is 2.72 bits per heavy atom. The van der Waals surface area contributed by atoms with E-state index >= 15 is 0 Å². The largest absolute Gasteiger partial charge is 0.307 e. The predicted octanol–water partition coefficient (Wildman–Crippen LogP) is 4.69. The number of aromatic nitrogens is 1. The number of carbonyl (C=O) groups excluding carboxylic acids is 1. The molecule has 2 atom stereocenters. The quantitative estimate of drug-likeness (QED) is 0.671. The fourth-order valence-electron chi connectivity index (χ4n) is 4.12. The summed E-state index contributed by atoms with van der Waals surface area (Å²) >= 11 is 0. The van der Waals surface area contributed by atoms with Crippen molar-refractivity contribution >= 4 is 16.7 Å². The minimum atomic E-state index is -0.281. The Kier molecular flexibility index (Phi) is 5.97. The molecule has 3 aromatic rings. The van der Waals surface area contributed by atoms with Gasteiger partial charge in [-0.1, -0.05) is 55.0 Å². The first kappa shape index (κ1) is 19.3. The van der Waals surface area contributed by atoms with Gasteiger partial charge in [0.2, 0.25) is 0 Å². The van der Waals surface area contributed by atoms with Crippen LogP contribution in [-0.4, -0.2) is 23.4 Å². The summed E-state index contributed by atoms with van der Waals surface area (Å²) in [7, 11) is 0. The highest BCUT2D eigenvalue weighted by molar-refractivity contribution is 5.93. The summed E-state index contributed by atoms with van der Waals surface area (Å²) in [4.78, 5) is 17.0. The maximum absolute atomic E-state index is 12.5. The van der Waals surface area contributed by atoms with E-state index in [1.54, 1.807) is 0 Å². The fraction of sp³-hybridized carbons (Fsp3) is 0.320. The van der Waals surface area contributed by atoms with Gasteiger partial charge in [0.05, 0.1) is 23.5 Å². The molecule has 1 fully saturated rings. The van der Waals surface area contributed by atoms with Gasteiger partial charge in [-0.05, 0) is 43.0 Å². The number of nitrogens with one attached hydrogen (secondary N) is 1. The van der Waals surface area contributed by atoms with Crippen LogP contribution in [0.3, 0.4) is 0 Å². The van der Waals surface area contributed by atoms with Gasteiger partial charge >= 0.3 is 0 Å². The molecular weight excluding hydrogens is 358 g/mol. The Bertz CT molecular complexity index is 1020. The van der Waals surface area contributed by atoms with Crippen molar-refractivity contribution in [1.82, 2.24) is 10.3 Å². The van der Waals surface area contributed by atoms with Crippen LogP contribution in [0.5, 0.6) is 0 Å². The maximum Gasteiger partial charge on any atom is 0.151 e. The Morgan fingerprint density at radius 2 is 1.97 bits per heavy atom. The summed E-state index contributed by atoms with van der Waals surface area (Å²) < 4.78 is 0. The molecule has 4 heteroatoms. The van der Waals surface area contributed by atoms with Crippen LogP contribution >= 0.6 is 0 Å². The van der Waals surface area contributed by atoms with Gasteiger partial charge in [-0.3, -0.25) is 9.78 Å². The highest BCUT2D eigenvalue weighted by atomic mass is 16.1. The van der Waals surface area contributed by atoms with E-state index in [0.29, 0.717) is 12.8 Å². The number of nitriles is 1. The summed E-state index contributed by atoms with van der Waals surface area (Å²) in [6.45, 7) is 0.901. The van der Waals surface area contributed by atoms with E-state index in [4.69, 9.17) is 0 Å². The maximum atomic E-state index is 12.5. The number of ketones is 1. The standard InChI is InChI=1S/C25H25N3O/c26-17-19(16-24(29)23-8-1-2-13-27-23)15-18-9-11-20(12-10-18)22-7-3-5-21-6-4-14-28-25(21)22/h3-7,9-12,14,19,23,27H,1-2,8,13,15-16H2/t19-,23+/m1/s1. The lowest BCUT2D eigenvalue weighted by atomic mass is 9.90. The van der Waals surface area contributed by atoms with Crippen LogP contribution < -0.4 is 5.32 Å². The van der Waals surface area contributed by atoms with Gasteiger partial charge in [0, 0.05) is 23.6 Å². The number of carbonyl (C=O) groups is 1. The van der Waals surface area contributed by atoms with Gasteiger partial charge in [0.1, 0.15) is 0 Å². The number of piperidine rings is 1. The molecule has 0 bridgehead atoms. The van der Waals surface area contributed by atoms with Gasteiger partial charge in [0.15, 0.2) is 5.78 Å². The normalized spacial score (nSPS) is 17.6. The highest BCUT2D eigenvalue weighted by Crippen LogP contribution is 2.27. The molecule has 1 aromatic heterocycles. The van der Waals surface area contributed by atoms with Crippen LogP contribution in [0, 0.1) is 17.2 Å². The zero-order chi connectivity index (χ0) is 20.1. The number of para-hydroxylation sites is 1. The number of nitrogens with zero attached hydrogens (tertiary/aromatic N) is 2. The SMILES string of the molecule is N#C[C@@H](CC(=O)[C@@H]1CCCCN1)Cc1ccc(-c2cccc3cccnc23)cc1. The second-order valence-electron chi connectivity index (χ2n) is 7.78. The van der Waals surface area contributed by atoms with E-state index in [-0.39, 0.29) is 17.7 Å². The Labute approximate surface area is 171 Å². The predicted molar refractivity (Wildman–Crippen MR) is 115 cm³/mol. The van der Waals surface area contributed by atoms with E-state index < -0.39 is 0 Å². The van der Waals surface area contributed by atoms with Crippen molar-refractivity contribution < 1.29 is 4.79 Å². The molecule has 4 rings (SSSR count). The average molecular weight is 383 g/mol. The van der Waals surface area contributed by atoms with Crippen molar-refractivity contribution in [3.63, 3.8) is 0 Å². The fourth-order valence-corrected chi connectivity index (χ4v) is 4.12. The summed E-state index contributed by atoms with van der Waals surface area (Å²) in [6, 6.07) is 20.8. The molecule has 4 nitrogen and oxygen atoms in total. The number of Topliss-reactive ketones (excluding diaryl/α,β-unsaturated/α-hetero) is 1. The van der Waals surface area contributed by atoms with E-state index in [2.05, 4.69) is 58.8 Å². The molecule has 2 heterocycles. The number of hydrogen-bond acceptors (Lipinski definition) is 4. The monoisotopic (exact) mass is 383 g/mol. The third kappa shape index (κ3) is 4.52. The van der Waals surface area contributed by atoms with Crippen molar-refractivity contribution in [2.45, 2.75) is 38.1 Å². The smallest absolute Gasteiger partial charge is 0.151 e. The first-order valence-electron chi connectivity index (χ1n) is 10.3. The van der Waals surface area contributed by atoms with E-state index in [0.717, 1.165) is 53.4 Å². The number of hydrogen-bond donors (Lipinski definition) is 1. The van der Waals surface area contributed by atoms with Gasteiger partial charge in [-0.25, -0.2) is 0 Å². The van der Waals surface area contributed by atoms with Crippen molar-refractivity contribution in [1.29, 1.82) is 5.26 Å². The summed E-state index contributed by atoms with van der Waals surface area (Å²) in [5.41, 5.74) is 4.28. The van der Waals surface area contributed by atoms with E-state index in [1.165, 1.54) is 0 Å². The lowest BCUT2D eigenvalue weighted by molar-refractivity contribution is -0.122. The summed E-state index contributed by atoms with van der Waals surface area (Å²) in [6.07, 6.45) is 5.85. The molecule has 29 heavy (non-hydrogen) atoms. The van der Waals surface area contributed by atoms with Crippen molar-refractivity contribution in [3.05, 3.63) is 66.4 Å². The minimum absolute atomic E-state index is 0.0687. The Morgan fingerprint density at radius 1 is 1.14 bits per heavy atom. The van der Waals surface area contributed by atoms with Crippen LogP contribution in [0.2, 0.25) is 0 Å². The number of benzene rings is 2. The first-order chi connectivity index (χ1) is 14.2. The van der Waals surface area contributed by atoms with E-state index in [1.807, 2.05) is 18.3 Å². The molecule has 1 aliphatic rings. The molecule has 1 aliphatic heterocycles. The third-order valence-electron chi connectivity index (χ3n) is 5.71. The molecule has 0 spiro atoms. The van der Waals surface area contributed by atoms with Crippen molar-refractivity contribution in [2.24, 2.45) is 5.92 Å². The summed E-state index contributed by atoms with van der Waals surface area (Å²) in [5, 5.41) is 14.0. The molecule has 1 saturated heterocycles. The molecule has 0 radical (unpaired) electrons. The zero-order valence-corrected chi connectivity index (χ0v) is 16.5. The number of pyridine rings is 1. The highest BCUT2D eigenvalue weighted by Gasteiger charge is 2.23. The minimum Gasteiger partial charge on any atom is -0.307 e. The number of fused-ring (bicyclic) bond motifs is 1. The van der Waals surface area contributed by atoms with Crippen LogP contribution in [0.15, 0.2) is 60.8 Å². The lowest BCUT2D eigenvalue weighted by Crippen LogP contribution is -2.41. The van der Waals surface area contributed by atoms with Gasteiger partial charge in [-0.15, -0.1) is 0 Å². The third-order valence-corrected chi connectivity index (χ3v) is 5.71. The second-order valence-corrected chi connectivity index (χ2v) is 7.78. The topological polar surface area (TPSA) is 65.8 Å². The number of rotatable bonds is 6. The van der Waals surface area contributed by atoms with E-state index in [9.17, 15) is 10.1 Å².